The minimum absolute atomic E-state index is 0.0647. The molecule has 0 saturated carbocycles. The van der Waals surface area contributed by atoms with E-state index < -0.39 is 97.5 Å². The van der Waals surface area contributed by atoms with Crippen molar-refractivity contribution in [3.63, 3.8) is 0 Å². The topological polar surface area (TPSA) is 237 Å². The summed E-state index contributed by atoms with van der Waals surface area (Å²) in [5, 5.41) is 10.6. The van der Waals surface area contributed by atoms with E-state index in [-0.39, 0.29) is 25.7 Å². The summed E-state index contributed by atoms with van der Waals surface area (Å²) in [6, 6.07) is 0. The minimum Gasteiger partial charge on any atom is -0.462 e. The second kappa shape index (κ2) is 70.4. The van der Waals surface area contributed by atoms with Crippen LogP contribution in [0.25, 0.3) is 0 Å². The fourth-order valence-electron chi connectivity index (χ4n) is 9.22. The number of carbonyl (C=O) groups is 4. The highest BCUT2D eigenvalue weighted by molar-refractivity contribution is 7.47. The Morgan fingerprint density at radius 3 is 0.837 bits per heavy atom. The maximum absolute atomic E-state index is 13.1. The zero-order valence-electron chi connectivity index (χ0n) is 60.7. The number of aliphatic hydroxyl groups excluding tert-OH is 1. The minimum atomic E-state index is -4.99. The molecule has 0 spiro atoms. The largest absolute Gasteiger partial charge is 0.472 e. The van der Waals surface area contributed by atoms with Gasteiger partial charge in [-0.1, -0.05) is 238 Å². The third-order valence-corrected chi connectivity index (χ3v) is 16.7. The Kier molecular flexibility index (Phi) is 66.7. The van der Waals surface area contributed by atoms with Gasteiger partial charge in [0, 0.05) is 25.7 Å². The number of ether oxygens (including phenoxy) is 4. The molecular formula is C79H130O17P2. The van der Waals surface area contributed by atoms with Gasteiger partial charge in [-0.25, -0.2) is 9.13 Å². The molecule has 19 heteroatoms. The quantitative estimate of drug-likeness (QED) is 0.0169. The van der Waals surface area contributed by atoms with Gasteiger partial charge in [0.05, 0.1) is 26.4 Å². The van der Waals surface area contributed by atoms with E-state index >= 15 is 0 Å². The lowest BCUT2D eigenvalue weighted by Gasteiger charge is -2.21. The van der Waals surface area contributed by atoms with Crippen molar-refractivity contribution in [2.75, 3.05) is 39.6 Å². The van der Waals surface area contributed by atoms with Crippen LogP contribution in [-0.2, 0) is 65.4 Å². The normalized spacial score (nSPS) is 14.8. The third kappa shape index (κ3) is 69.4. The van der Waals surface area contributed by atoms with E-state index in [9.17, 15) is 43.2 Å². The van der Waals surface area contributed by atoms with Crippen LogP contribution in [0, 0.1) is 0 Å². The summed E-state index contributed by atoms with van der Waals surface area (Å²) in [6.45, 7) is 4.34. The van der Waals surface area contributed by atoms with Gasteiger partial charge in [0.25, 0.3) is 0 Å². The van der Waals surface area contributed by atoms with Crippen LogP contribution >= 0.6 is 15.6 Å². The molecule has 0 bridgehead atoms. The van der Waals surface area contributed by atoms with Crippen LogP contribution in [-0.4, -0.2) is 96.7 Å². The van der Waals surface area contributed by atoms with Gasteiger partial charge in [-0.15, -0.1) is 0 Å². The molecule has 5 unspecified atom stereocenters. The molecule has 0 radical (unpaired) electrons. The molecule has 558 valence electrons. The molecule has 5 atom stereocenters. The first-order valence-corrected chi connectivity index (χ1v) is 40.1. The van der Waals surface area contributed by atoms with E-state index in [0.29, 0.717) is 25.7 Å². The van der Waals surface area contributed by atoms with Crippen LogP contribution < -0.4 is 0 Å². The van der Waals surface area contributed by atoms with Crippen molar-refractivity contribution in [1.82, 2.24) is 0 Å². The third-order valence-electron chi connectivity index (χ3n) is 14.8. The van der Waals surface area contributed by atoms with Crippen molar-refractivity contribution in [2.45, 2.75) is 290 Å². The standard InChI is InChI=1S/C79H130O17P2/c1-5-9-13-17-21-25-29-33-36-40-43-47-51-55-59-63-76(81)89-69-74(95-78(83)65-61-57-53-49-45-39-32-28-24-20-16-12-8-4)71-93-97(85,86)91-67-73(80)68-92-98(87,88)94-72-75(96-79(84)66-62-58-54-50-46-42-38-35-31-27-23-19-15-11-7-3)70-90-77(82)64-60-56-52-48-44-41-37-34-30-26-22-18-14-10-6-2/h9-11,13-16,20-23,25-28,32-38,43,47,73-75,80H,5-8,12,17-19,24,29-31,39-42,44-46,48-72H2,1-4H3,(H,85,86)(H,87,88)/b13-9-,14-10-,15-11-,20-16-,25-21-,26-22-,27-23-,32-28-,36-33-,37-34-,38-35-,47-43-. The first-order chi connectivity index (χ1) is 47.7. The van der Waals surface area contributed by atoms with Gasteiger partial charge >= 0.3 is 39.5 Å². The predicted molar refractivity (Wildman–Crippen MR) is 399 cm³/mol. The molecule has 0 aromatic heterocycles. The molecule has 0 aromatic rings. The van der Waals surface area contributed by atoms with Gasteiger partial charge in [-0.3, -0.25) is 37.3 Å². The van der Waals surface area contributed by atoms with Crippen molar-refractivity contribution in [3.05, 3.63) is 146 Å². The maximum Gasteiger partial charge on any atom is 0.472 e. The zero-order valence-corrected chi connectivity index (χ0v) is 62.4. The number of rotatable bonds is 68. The number of phosphoric acid groups is 2. The van der Waals surface area contributed by atoms with Gasteiger partial charge in [0.2, 0.25) is 0 Å². The Labute approximate surface area is 592 Å². The van der Waals surface area contributed by atoms with Crippen molar-refractivity contribution in [2.24, 2.45) is 0 Å². The molecule has 0 amide bonds. The molecular weight excluding hydrogens is 1280 g/mol. The molecule has 3 N–H and O–H groups in total. The lowest BCUT2D eigenvalue weighted by atomic mass is 10.1. The van der Waals surface area contributed by atoms with Crippen LogP contribution in [0.3, 0.4) is 0 Å². The van der Waals surface area contributed by atoms with E-state index in [1.54, 1.807) is 0 Å². The first kappa shape index (κ1) is 92.9. The van der Waals surface area contributed by atoms with E-state index in [0.717, 1.165) is 193 Å². The summed E-state index contributed by atoms with van der Waals surface area (Å²) >= 11 is 0. The summed E-state index contributed by atoms with van der Waals surface area (Å²) in [6.07, 6.45) is 78.5. The number of hydrogen-bond donors (Lipinski definition) is 3. The van der Waals surface area contributed by atoms with Crippen LogP contribution in [0.1, 0.15) is 272 Å². The molecule has 0 rings (SSSR count). The molecule has 0 aliphatic rings. The highest BCUT2D eigenvalue weighted by Gasteiger charge is 2.30. The number of unbranched alkanes of at least 4 members (excludes halogenated alkanes) is 18. The number of phosphoric ester groups is 2. The first-order valence-electron chi connectivity index (χ1n) is 37.1. The molecule has 0 fully saturated rings. The second-order valence-electron chi connectivity index (χ2n) is 24.1. The van der Waals surface area contributed by atoms with Crippen LogP contribution in [0.5, 0.6) is 0 Å². The number of carbonyl (C=O) groups excluding carboxylic acids is 4. The van der Waals surface area contributed by atoms with Crippen molar-refractivity contribution < 1.29 is 80.2 Å². The second-order valence-corrected chi connectivity index (χ2v) is 27.0. The van der Waals surface area contributed by atoms with Gasteiger partial charge in [0.15, 0.2) is 12.2 Å². The average molecular weight is 1410 g/mol. The highest BCUT2D eigenvalue weighted by atomic mass is 31.2. The predicted octanol–water partition coefficient (Wildman–Crippen LogP) is 21.1. The maximum atomic E-state index is 13.1. The van der Waals surface area contributed by atoms with Gasteiger partial charge in [-0.05, 0) is 154 Å². The fourth-order valence-corrected chi connectivity index (χ4v) is 10.8. The molecule has 0 heterocycles. The van der Waals surface area contributed by atoms with E-state index in [4.69, 9.17) is 37.0 Å². The molecule has 0 aromatic carbocycles. The summed E-state index contributed by atoms with van der Waals surface area (Å²) in [4.78, 5) is 72.8. The number of esters is 4. The summed E-state index contributed by atoms with van der Waals surface area (Å²) in [5.74, 6) is -2.29. The lowest BCUT2D eigenvalue weighted by molar-refractivity contribution is -0.161. The number of allylic oxidation sites excluding steroid dienone is 24. The van der Waals surface area contributed by atoms with Gasteiger partial charge in [0.1, 0.15) is 19.3 Å². The SMILES string of the molecule is CC/C=C\C/C=C\C/C=C\C/C=C\CCCCC(=O)OCC(COP(=O)(O)OCC(O)COP(=O)(O)OCC(COC(=O)CCCCCCC/C=C\C/C=C\C/C=C\CC)OC(=O)CCCCCCC/C=C\C/C=C\C/C=C\CC)OC(=O)CCCCCCC/C=C\C/C=C\CCC. The Balaban J connectivity index is 5.43. The Hall–Kier alpha value is -5.06. The number of hydrogen-bond acceptors (Lipinski definition) is 15. The number of aliphatic hydroxyl groups is 1. The lowest BCUT2D eigenvalue weighted by Crippen LogP contribution is -2.30. The summed E-state index contributed by atoms with van der Waals surface area (Å²) < 4.78 is 68.3. The molecule has 0 aliphatic carbocycles. The van der Waals surface area contributed by atoms with Gasteiger partial charge in [-0.2, -0.15) is 0 Å². The van der Waals surface area contributed by atoms with Crippen LogP contribution in [0.15, 0.2) is 146 Å². The Morgan fingerprint density at radius 2 is 0.531 bits per heavy atom. The molecule has 0 aliphatic heterocycles. The Bertz CT molecular complexity index is 2430. The molecule has 17 nitrogen and oxygen atoms in total. The Morgan fingerprint density at radius 1 is 0.296 bits per heavy atom. The van der Waals surface area contributed by atoms with Gasteiger partial charge < -0.3 is 33.8 Å². The van der Waals surface area contributed by atoms with E-state index in [2.05, 4.69) is 174 Å². The van der Waals surface area contributed by atoms with Crippen LogP contribution in [0.2, 0.25) is 0 Å². The monoisotopic (exact) mass is 1410 g/mol. The van der Waals surface area contributed by atoms with E-state index in [1.165, 1.54) is 0 Å². The van der Waals surface area contributed by atoms with Crippen molar-refractivity contribution in [1.29, 1.82) is 0 Å². The fraction of sp³-hybridized carbons (Fsp3) is 0.646. The molecule has 98 heavy (non-hydrogen) atoms. The average Bonchev–Trinajstić information content (AvgIpc) is 0.959. The summed E-state index contributed by atoms with van der Waals surface area (Å²) in [7, 11) is -9.98. The van der Waals surface area contributed by atoms with Crippen molar-refractivity contribution in [3.8, 4) is 0 Å². The summed E-state index contributed by atoms with van der Waals surface area (Å²) in [5.41, 5.74) is 0. The molecule has 0 saturated heterocycles. The van der Waals surface area contributed by atoms with Crippen molar-refractivity contribution >= 4 is 39.5 Å². The smallest absolute Gasteiger partial charge is 0.462 e. The van der Waals surface area contributed by atoms with Crippen LogP contribution in [0.4, 0.5) is 0 Å². The zero-order chi connectivity index (χ0) is 71.8. The highest BCUT2D eigenvalue weighted by Crippen LogP contribution is 2.45. The van der Waals surface area contributed by atoms with E-state index in [1.807, 2.05) is 0 Å².